The maximum atomic E-state index is 8.70. The average molecular weight is 417 g/mol. The Bertz CT molecular complexity index is 1270. The van der Waals surface area contributed by atoms with Gasteiger partial charge in [0.2, 0.25) is 0 Å². The van der Waals surface area contributed by atoms with Crippen LogP contribution in [-0.4, -0.2) is 22.7 Å². The Hall–Kier alpha value is -2.83. The predicted octanol–water partition coefficient (Wildman–Crippen LogP) is 5.55. The van der Waals surface area contributed by atoms with Crippen LogP contribution in [0.15, 0.2) is 60.9 Å². The summed E-state index contributed by atoms with van der Waals surface area (Å²) in [7, 11) is -1.82. The molecular formula is C24H28N4OSi. The lowest BCUT2D eigenvalue weighted by Crippen LogP contribution is -2.40. The van der Waals surface area contributed by atoms with E-state index in [2.05, 4.69) is 38.8 Å². The zero-order valence-electron chi connectivity index (χ0n) is 18.2. The number of pyridine rings is 2. The second kappa shape index (κ2) is 7.45. The van der Waals surface area contributed by atoms with E-state index in [-0.39, 0.29) is 5.04 Å². The van der Waals surface area contributed by atoms with Gasteiger partial charge in [-0.2, -0.15) is 0 Å². The molecule has 0 bridgehead atoms. The monoisotopic (exact) mass is 416 g/mol. The van der Waals surface area contributed by atoms with Crippen molar-refractivity contribution < 1.29 is 4.43 Å². The molecule has 5 nitrogen and oxygen atoms in total. The lowest BCUT2D eigenvalue weighted by atomic mass is 10.1. The predicted molar refractivity (Wildman–Crippen MR) is 124 cm³/mol. The van der Waals surface area contributed by atoms with Crippen LogP contribution in [0.5, 0.6) is 0 Å². The Labute approximate surface area is 178 Å². The van der Waals surface area contributed by atoms with Crippen molar-refractivity contribution in [2.45, 2.75) is 45.5 Å². The molecule has 0 aliphatic carbocycles. The highest BCUT2D eigenvalue weighted by Crippen LogP contribution is 2.37. The first-order valence-corrected chi connectivity index (χ1v) is 13.1. The third-order valence-corrected chi connectivity index (χ3v) is 10.6. The van der Waals surface area contributed by atoms with Crippen LogP contribution in [0.4, 0.5) is 0 Å². The molecule has 0 radical (unpaired) electrons. The topological polar surface area (TPSA) is 63.3 Å². The molecule has 0 saturated heterocycles. The highest BCUT2D eigenvalue weighted by atomic mass is 28.4. The highest BCUT2D eigenvalue weighted by molar-refractivity contribution is 6.74. The molecule has 0 saturated carbocycles. The number of nitrogens with one attached hydrogen (secondary N) is 1. The Morgan fingerprint density at radius 1 is 1.03 bits per heavy atom. The Balaban J connectivity index is 1.72. The molecule has 30 heavy (non-hydrogen) atoms. The number of rotatable bonds is 4. The summed E-state index contributed by atoms with van der Waals surface area (Å²) in [5.41, 5.74) is 4.81. The van der Waals surface area contributed by atoms with Gasteiger partial charge in [-0.3, -0.25) is 9.81 Å². The summed E-state index contributed by atoms with van der Waals surface area (Å²) < 4.78 is 8.15. The molecule has 3 aromatic heterocycles. The van der Waals surface area contributed by atoms with Crippen molar-refractivity contribution in [3.63, 3.8) is 0 Å². The largest absolute Gasteiger partial charge is 0.413 e. The zero-order valence-corrected chi connectivity index (χ0v) is 19.2. The summed E-state index contributed by atoms with van der Waals surface area (Å²) >= 11 is 0. The normalized spacial score (nSPS) is 12.6. The van der Waals surface area contributed by atoms with E-state index in [9.17, 15) is 0 Å². The van der Waals surface area contributed by atoms with Crippen LogP contribution in [0.3, 0.4) is 0 Å². The number of hydrogen-bond acceptors (Lipinski definition) is 4. The van der Waals surface area contributed by atoms with Crippen LogP contribution in [0, 0.1) is 5.41 Å². The Kier molecular flexibility index (Phi) is 5.08. The number of nitrogens with zero attached hydrogens (tertiary/aromatic N) is 3. The van der Waals surface area contributed by atoms with Crippen molar-refractivity contribution in [3.8, 4) is 11.1 Å². The Morgan fingerprint density at radius 3 is 2.47 bits per heavy atom. The molecule has 0 atom stereocenters. The van der Waals surface area contributed by atoms with Gasteiger partial charge in [-0.15, -0.1) is 0 Å². The fourth-order valence-electron chi connectivity index (χ4n) is 3.12. The van der Waals surface area contributed by atoms with E-state index in [1.807, 2.05) is 60.9 Å². The fraction of sp³-hybridized carbons (Fsp3) is 0.292. The second-order valence-electron chi connectivity index (χ2n) is 9.23. The van der Waals surface area contributed by atoms with Crippen molar-refractivity contribution in [1.29, 1.82) is 5.41 Å². The first-order chi connectivity index (χ1) is 14.2. The molecule has 0 amide bonds. The number of aromatic nitrogens is 3. The molecular weight excluding hydrogens is 388 g/mol. The summed E-state index contributed by atoms with van der Waals surface area (Å²) in [6.45, 7) is 11.8. The van der Waals surface area contributed by atoms with Gasteiger partial charge >= 0.3 is 0 Å². The van der Waals surface area contributed by atoms with Gasteiger partial charge in [-0.05, 0) is 47.5 Å². The van der Waals surface area contributed by atoms with Gasteiger partial charge in [0.1, 0.15) is 11.1 Å². The van der Waals surface area contributed by atoms with Gasteiger partial charge in [0.05, 0.1) is 12.0 Å². The lowest BCUT2D eigenvalue weighted by Gasteiger charge is -2.36. The summed E-state index contributed by atoms with van der Waals surface area (Å²) in [6.07, 6.45) is 3.73. The first kappa shape index (κ1) is 20.4. The summed E-state index contributed by atoms with van der Waals surface area (Å²) in [5, 5.41) is 9.61. The van der Waals surface area contributed by atoms with E-state index in [4.69, 9.17) is 14.8 Å². The minimum absolute atomic E-state index is 0.168. The molecule has 6 heteroatoms. The van der Waals surface area contributed by atoms with Crippen molar-refractivity contribution in [2.75, 3.05) is 0 Å². The molecule has 0 aliphatic heterocycles. The number of hydrogen-bond donors (Lipinski definition) is 1. The quantitative estimate of drug-likeness (QED) is 0.350. The van der Waals surface area contributed by atoms with Gasteiger partial charge in [-0.25, -0.2) is 9.97 Å². The van der Waals surface area contributed by atoms with Crippen molar-refractivity contribution in [3.05, 3.63) is 72.0 Å². The van der Waals surface area contributed by atoms with Crippen LogP contribution in [0.25, 0.3) is 27.8 Å². The summed E-state index contributed by atoms with van der Waals surface area (Å²) in [4.78, 5) is 9.26. The van der Waals surface area contributed by atoms with Gasteiger partial charge < -0.3 is 4.43 Å². The second-order valence-corrected chi connectivity index (χ2v) is 14.0. The molecule has 4 rings (SSSR count). The van der Waals surface area contributed by atoms with E-state index < -0.39 is 8.32 Å². The fourth-order valence-corrected chi connectivity index (χ4v) is 4.08. The number of fused-ring (bicyclic) bond motifs is 2. The smallest absolute Gasteiger partial charge is 0.192 e. The van der Waals surface area contributed by atoms with Crippen LogP contribution in [0.1, 0.15) is 26.3 Å². The lowest BCUT2D eigenvalue weighted by molar-refractivity contribution is 0.276. The van der Waals surface area contributed by atoms with E-state index in [1.165, 1.54) is 0 Å². The van der Waals surface area contributed by atoms with E-state index in [1.54, 1.807) is 4.40 Å². The van der Waals surface area contributed by atoms with E-state index in [0.717, 1.165) is 22.1 Å². The van der Waals surface area contributed by atoms with Crippen LogP contribution < -0.4 is 5.49 Å². The van der Waals surface area contributed by atoms with Crippen LogP contribution in [-0.2, 0) is 11.0 Å². The molecule has 0 aliphatic rings. The Morgan fingerprint density at radius 2 is 1.77 bits per heavy atom. The molecule has 0 unspecified atom stereocenters. The molecule has 154 valence electrons. The minimum Gasteiger partial charge on any atom is -0.413 e. The van der Waals surface area contributed by atoms with E-state index >= 15 is 0 Å². The standard InChI is InChI=1S/C24H28N4OSi/c1-24(2,3)30(4,5)29-16-17-11-12-28-21(13-17)27-23-20(22(28)25)14-19(15-26-23)18-9-7-6-8-10-18/h6-15,25H,16H2,1-5H3. The average Bonchev–Trinajstić information content (AvgIpc) is 2.72. The van der Waals surface area contributed by atoms with E-state index in [0.29, 0.717) is 23.4 Å². The molecule has 0 fully saturated rings. The molecule has 3 heterocycles. The highest BCUT2D eigenvalue weighted by Gasteiger charge is 2.37. The summed E-state index contributed by atoms with van der Waals surface area (Å²) in [6, 6.07) is 16.1. The van der Waals surface area contributed by atoms with Crippen molar-refractivity contribution in [1.82, 2.24) is 14.4 Å². The maximum absolute atomic E-state index is 8.70. The van der Waals surface area contributed by atoms with Gasteiger partial charge in [0.15, 0.2) is 14.0 Å². The van der Waals surface area contributed by atoms with Crippen molar-refractivity contribution >= 4 is 25.0 Å². The molecule has 1 N–H and O–H groups in total. The molecule has 1 aromatic carbocycles. The molecule has 4 aromatic rings. The summed E-state index contributed by atoms with van der Waals surface area (Å²) in [5.74, 6) is 0. The third kappa shape index (κ3) is 3.80. The van der Waals surface area contributed by atoms with Crippen LogP contribution in [0.2, 0.25) is 18.1 Å². The van der Waals surface area contributed by atoms with Crippen LogP contribution >= 0.6 is 0 Å². The minimum atomic E-state index is -1.82. The third-order valence-electron chi connectivity index (χ3n) is 6.10. The SMILES string of the molecule is CC(C)(C)[Si](C)(C)OCc1ccn2c(=N)c3cc(-c4ccccc4)cnc3nc2c1. The molecule has 0 spiro atoms. The first-order valence-electron chi connectivity index (χ1n) is 10.2. The van der Waals surface area contributed by atoms with Crippen molar-refractivity contribution in [2.24, 2.45) is 0 Å². The zero-order chi connectivity index (χ0) is 21.5. The van der Waals surface area contributed by atoms with Gasteiger partial charge in [0.25, 0.3) is 0 Å². The maximum Gasteiger partial charge on any atom is 0.192 e. The number of benzene rings is 1. The van der Waals surface area contributed by atoms with Gasteiger partial charge in [-0.1, -0.05) is 51.1 Å². The van der Waals surface area contributed by atoms with Gasteiger partial charge in [0, 0.05) is 18.0 Å².